The fourth-order valence-electron chi connectivity index (χ4n) is 1.37. The van der Waals surface area contributed by atoms with Crippen molar-refractivity contribution in [2.75, 3.05) is 0 Å². The van der Waals surface area contributed by atoms with Gasteiger partial charge < -0.3 is 4.42 Å². The minimum atomic E-state index is -0.454. The molecule has 15 heavy (non-hydrogen) atoms. The molecule has 74 valence electrons. The zero-order valence-electron chi connectivity index (χ0n) is 7.56. The average Bonchev–Trinajstić information content (AvgIpc) is 2.82. The fourth-order valence-corrected chi connectivity index (χ4v) is 2.30. The van der Waals surface area contributed by atoms with E-state index >= 15 is 0 Å². The van der Waals surface area contributed by atoms with Gasteiger partial charge in [-0.3, -0.25) is 4.98 Å². The van der Waals surface area contributed by atoms with Gasteiger partial charge in [-0.05, 0) is 12.1 Å². The lowest BCUT2D eigenvalue weighted by atomic mass is 10.3. The summed E-state index contributed by atoms with van der Waals surface area (Å²) in [4.78, 5) is 17.8. The number of aromatic nitrogens is 2. The topological polar surface area (TPSA) is 58.9 Å². The molecule has 0 aliphatic heterocycles. The van der Waals surface area contributed by atoms with Crippen LogP contribution >= 0.6 is 11.3 Å². The van der Waals surface area contributed by atoms with Crippen LogP contribution in [-0.2, 0) is 0 Å². The number of benzene rings is 1. The van der Waals surface area contributed by atoms with E-state index in [0.717, 1.165) is 15.2 Å². The van der Waals surface area contributed by atoms with Gasteiger partial charge in [0, 0.05) is 0 Å². The van der Waals surface area contributed by atoms with Gasteiger partial charge in [0.25, 0.3) is 0 Å². The van der Waals surface area contributed by atoms with Crippen molar-refractivity contribution < 1.29 is 4.42 Å². The van der Waals surface area contributed by atoms with Crippen molar-refractivity contribution in [2.24, 2.45) is 0 Å². The molecule has 2 aromatic heterocycles. The highest BCUT2D eigenvalue weighted by Gasteiger charge is 2.07. The third kappa shape index (κ3) is 1.37. The quantitative estimate of drug-likeness (QED) is 0.681. The summed E-state index contributed by atoms with van der Waals surface area (Å²) >= 11 is 1.52. The van der Waals surface area contributed by atoms with Gasteiger partial charge in [0.1, 0.15) is 17.0 Å². The Balaban J connectivity index is 2.24. The molecule has 1 aromatic carbocycles. The van der Waals surface area contributed by atoms with Crippen molar-refractivity contribution in [1.82, 2.24) is 9.97 Å². The number of aromatic amines is 1. The van der Waals surface area contributed by atoms with Gasteiger partial charge in [0.15, 0.2) is 0 Å². The standard InChI is InChI=1S/C10H6N2O2S/c13-10-12-7(5-14-10)9-11-6-3-1-2-4-8(6)15-9/h1-5H,(H,12,13). The zero-order valence-corrected chi connectivity index (χ0v) is 8.38. The normalized spacial score (nSPS) is 10.9. The Morgan fingerprint density at radius 3 is 2.93 bits per heavy atom. The van der Waals surface area contributed by atoms with Crippen LogP contribution in [0.5, 0.6) is 0 Å². The molecule has 2 heterocycles. The SMILES string of the molecule is O=c1[nH]c(-c2nc3ccccc3s2)co1. The summed E-state index contributed by atoms with van der Waals surface area (Å²) in [6.07, 6.45) is 1.39. The summed E-state index contributed by atoms with van der Waals surface area (Å²) in [5.41, 5.74) is 1.56. The molecular weight excluding hydrogens is 212 g/mol. The van der Waals surface area contributed by atoms with Gasteiger partial charge in [0.05, 0.1) is 10.2 Å². The number of thiazole rings is 1. The Morgan fingerprint density at radius 1 is 1.33 bits per heavy atom. The molecule has 0 saturated heterocycles. The number of nitrogens with zero attached hydrogens (tertiary/aromatic N) is 1. The number of hydrogen-bond acceptors (Lipinski definition) is 4. The highest BCUT2D eigenvalue weighted by molar-refractivity contribution is 7.21. The number of rotatable bonds is 1. The van der Waals surface area contributed by atoms with Crippen LogP contribution in [0, 0.1) is 0 Å². The van der Waals surface area contributed by atoms with Crippen LogP contribution in [0.25, 0.3) is 20.9 Å². The first-order valence-electron chi connectivity index (χ1n) is 4.37. The maximum atomic E-state index is 10.8. The second-order valence-electron chi connectivity index (χ2n) is 3.05. The van der Waals surface area contributed by atoms with Crippen LogP contribution in [0.3, 0.4) is 0 Å². The molecule has 1 N–H and O–H groups in total. The third-order valence-electron chi connectivity index (χ3n) is 2.04. The van der Waals surface area contributed by atoms with Crippen LogP contribution in [0.2, 0.25) is 0 Å². The molecule has 0 aliphatic rings. The lowest BCUT2D eigenvalue weighted by Gasteiger charge is -1.82. The van der Waals surface area contributed by atoms with Gasteiger partial charge in [-0.2, -0.15) is 0 Å². The maximum absolute atomic E-state index is 10.8. The Kier molecular flexibility index (Phi) is 1.72. The number of fused-ring (bicyclic) bond motifs is 1. The van der Waals surface area contributed by atoms with Crippen molar-refractivity contribution in [2.45, 2.75) is 0 Å². The molecule has 0 bridgehead atoms. The summed E-state index contributed by atoms with van der Waals surface area (Å²) in [5, 5.41) is 0.766. The summed E-state index contributed by atoms with van der Waals surface area (Å²) in [5.74, 6) is -0.454. The van der Waals surface area contributed by atoms with E-state index in [0.29, 0.717) is 5.69 Å². The van der Waals surface area contributed by atoms with Gasteiger partial charge >= 0.3 is 5.76 Å². The monoisotopic (exact) mass is 218 g/mol. The van der Waals surface area contributed by atoms with Crippen molar-refractivity contribution in [3.05, 3.63) is 41.1 Å². The first-order valence-corrected chi connectivity index (χ1v) is 5.18. The van der Waals surface area contributed by atoms with E-state index in [1.807, 2.05) is 24.3 Å². The van der Waals surface area contributed by atoms with E-state index in [-0.39, 0.29) is 0 Å². The van der Waals surface area contributed by atoms with E-state index < -0.39 is 5.76 Å². The largest absolute Gasteiger partial charge is 0.416 e. The highest BCUT2D eigenvalue weighted by Crippen LogP contribution is 2.27. The van der Waals surface area contributed by atoms with Gasteiger partial charge in [0.2, 0.25) is 0 Å². The van der Waals surface area contributed by atoms with Crippen molar-refractivity contribution >= 4 is 21.6 Å². The minimum absolute atomic E-state index is 0.454. The number of oxazole rings is 1. The van der Waals surface area contributed by atoms with Crippen molar-refractivity contribution in [1.29, 1.82) is 0 Å². The number of nitrogens with one attached hydrogen (secondary N) is 1. The molecule has 0 amide bonds. The summed E-state index contributed by atoms with van der Waals surface area (Å²) < 4.78 is 5.76. The fraction of sp³-hybridized carbons (Fsp3) is 0. The van der Waals surface area contributed by atoms with Crippen LogP contribution in [0.4, 0.5) is 0 Å². The summed E-state index contributed by atoms with van der Waals surface area (Å²) in [6.45, 7) is 0. The molecule has 0 fully saturated rings. The predicted molar refractivity (Wildman–Crippen MR) is 57.9 cm³/mol. The number of H-pyrrole nitrogens is 1. The first-order chi connectivity index (χ1) is 7.33. The van der Waals surface area contributed by atoms with E-state index in [4.69, 9.17) is 0 Å². The molecule has 0 spiro atoms. The smallest absolute Gasteiger partial charge is 0.416 e. The predicted octanol–water partition coefficient (Wildman–Crippen LogP) is 2.24. The minimum Gasteiger partial charge on any atom is -0.416 e. The summed E-state index contributed by atoms with van der Waals surface area (Å²) in [7, 11) is 0. The second kappa shape index (κ2) is 3.06. The molecular formula is C10H6N2O2S. The van der Waals surface area contributed by atoms with Gasteiger partial charge in [-0.25, -0.2) is 9.78 Å². The van der Waals surface area contributed by atoms with E-state index in [1.54, 1.807) is 0 Å². The Hall–Kier alpha value is -1.88. The van der Waals surface area contributed by atoms with Crippen LogP contribution < -0.4 is 5.76 Å². The van der Waals surface area contributed by atoms with Crippen LogP contribution in [0.15, 0.2) is 39.7 Å². The molecule has 3 aromatic rings. The van der Waals surface area contributed by atoms with E-state index in [1.165, 1.54) is 17.6 Å². The zero-order chi connectivity index (χ0) is 10.3. The molecule has 0 atom stereocenters. The van der Waals surface area contributed by atoms with Crippen LogP contribution in [0.1, 0.15) is 0 Å². The lowest BCUT2D eigenvalue weighted by Crippen LogP contribution is -1.94. The van der Waals surface area contributed by atoms with Gasteiger partial charge in [-0.15, -0.1) is 11.3 Å². The molecule has 0 unspecified atom stereocenters. The van der Waals surface area contributed by atoms with Gasteiger partial charge in [-0.1, -0.05) is 12.1 Å². The van der Waals surface area contributed by atoms with E-state index in [2.05, 4.69) is 14.4 Å². The molecule has 5 heteroatoms. The van der Waals surface area contributed by atoms with Crippen molar-refractivity contribution in [3.8, 4) is 10.7 Å². The maximum Gasteiger partial charge on any atom is 0.416 e. The Morgan fingerprint density at radius 2 is 2.20 bits per heavy atom. The molecule has 3 rings (SSSR count). The third-order valence-corrected chi connectivity index (χ3v) is 3.11. The Bertz CT molecular complexity index is 632. The number of para-hydroxylation sites is 1. The second-order valence-corrected chi connectivity index (χ2v) is 4.08. The lowest BCUT2D eigenvalue weighted by molar-refractivity contribution is 0.515. The summed E-state index contributed by atoms with van der Waals surface area (Å²) in [6, 6.07) is 7.83. The van der Waals surface area contributed by atoms with Crippen molar-refractivity contribution in [3.63, 3.8) is 0 Å². The first kappa shape index (κ1) is 8.43. The molecule has 0 saturated carbocycles. The molecule has 0 radical (unpaired) electrons. The number of hydrogen-bond donors (Lipinski definition) is 1. The van der Waals surface area contributed by atoms with Crippen LogP contribution in [-0.4, -0.2) is 9.97 Å². The Labute approximate surface area is 88.2 Å². The highest BCUT2D eigenvalue weighted by atomic mass is 32.1. The van der Waals surface area contributed by atoms with E-state index in [9.17, 15) is 4.79 Å². The molecule has 4 nitrogen and oxygen atoms in total. The average molecular weight is 218 g/mol. The molecule has 0 aliphatic carbocycles.